The molecular formula is C24H24ClN5O. The van der Waals surface area contributed by atoms with Crippen LogP contribution in [0.3, 0.4) is 0 Å². The van der Waals surface area contributed by atoms with Crippen LogP contribution in [0.2, 0.25) is 5.02 Å². The summed E-state index contributed by atoms with van der Waals surface area (Å²) in [6.45, 7) is 6.99. The molecule has 2 aromatic carbocycles. The lowest BCUT2D eigenvalue weighted by Gasteiger charge is -2.08. The van der Waals surface area contributed by atoms with Gasteiger partial charge in [-0.3, -0.25) is 9.48 Å². The molecule has 0 aliphatic heterocycles. The number of amides is 1. The number of halogens is 1. The first-order valence-corrected chi connectivity index (χ1v) is 10.5. The highest BCUT2D eigenvalue weighted by atomic mass is 35.5. The fraction of sp³-hybridized carbons (Fsp3) is 0.208. The second-order valence-electron chi connectivity index (χ2n) is 7.51. The first-order chi connectivity index (χ1) is 14.9. The van der Waals surface area contributed by atoms with Gasteiger partial charge >= 0.3 is 0 Å². The molecule has 0 saturated carbocycles. The SMILES string of the molecule is Cc1nn(Cc2ccccc2)c(C)c1CNC(=O)c1cnn(-c2cccc(Cl)c2)c1C. The van der Waals surface area contributed by atoms with Crippen molar-refractivity contribution in [3.63, 3.8) is 0 Å². The van der Waals surface area contributed by atoms with Crippen LogP contribution in [0.25, 0.3) is 5.69 Å². The van der Waals surface area contributed by atoms with E-state index in [0.29, 0.717) is 23.7 Å². The van der Waals surface area contributed by atoms with Gasteiger partial charge in [0, 0.05) is 22.8 Å². The number of nitrogens with one attached hydrogen (secondary N) is 1. The van der Waals surface area contributed by atoms with E-state index in [0.717, 1.165) is 28.3 Å². The van der Waals surface area contributed by atoms with Gasteiger partial charge in [-0.15, -0.1) is 0 Å². The molecule has 2 heterocycles. The van der Waals surface area contributed by atoms with Gasteiger partial charge in [0.1, 0.15) is 0 Å². The van der Waals surface area contributed by atoms with Crippen LogP contribution in [-0.4, -0.2) is 25.5 Å². The van der Waals surface area contributed by atoms with E-state index >= 15 is 0 Å². The second kappa shape index (κ2) is 8.78. The van der Waals surface area contributed by atoms with Crippen molar-refractivity contribution in [2.24, 2.45) is 0 Å². The topological polar surface area (TPSA) is 64.7 Å². The molecule has 4 aromatic rings. The Balaban J connectivity index is 1.48. The highest BCUT2D eigenvalue weighted by Crippen LogP contribution is 2.19. The first kappa shape index (κ1) is 20.9. The molecule has 4 rings (SSSR count). The molecule has 0 atom stereocenters. The van der Waals surface area contributed by atoms with E-state index in [1.165, 1.54) is 5.56 Å². The third kappa shape index (κ3) is 4.39. The molecular weight excluding hydrogens is 410 g/mol. The maximum atomic E-state index is 12.9. The number of rotatable bonds is 6. The van der Waals surface area contributed by atoms with Crippen molar-refractivity contribution in [1.29, 1.82) is 0 Å². The summed E-state index contributed by atoms with van der Waals surface area (Å²) in [4.78, 5) is 12.9. The number of aryl methyl sites for hydroxylation is 1. The summed E-state index contributed by atoms with van der Waals surface area (Å²) in [6.07, 6.45) is 1.59. The monoisotopic (exact) mass is 433 g/mol. The Labute approximate surface area is 186 Å². The molecule has 0 aliphatic carbocycles. The lowest BCUT2D eigenvalue weighted by Crippen LogP contribution is -2.24. The van der Waals surface area contributed by atoms with E-state index in [-0.39, 0.29) is 5.91 Å². The third-order valence-corrected chi connectivity index (χ3v) is 5.67. The summed E-state index contributed by atoms with van der Waals surface area (Å²) in [5.74, 6) is -0.166. The molecule has 0 bridgehead atoms. The molecule has 0 radical (unpaired) electrons. The molecule has 2 aromatic heterocycles. The summed E-state index contributed by atoms with van der Waals surface area (Å²) in [5.41, 5.74) is 6.29. The Hall–Kier alpha value is -3.38. The predicted octanol–water partition coefficient (Wildman–Crippen LogP) is 4.63. The highest BCUT2D eigenvalue weighted by Gasteiger charge is 2.17. The Morgan fingerprint density at radius 1 is 1.03 bits per heavy atom. The van der Waals surface area contributed by atoms with Crippen LogP contribution in [-0.2, 0) is 13.1 Å². The fourth-order valence-electron chi connectivity index (χ4n) is 3.66. The van der Waals surface area contributed by atoms with Gasteiger partial charge in [0.25, 0.3) is 5.91 Å². The molecule has 31 heavy (non-hydrogen) atoms. The zero-order valence-electron chi connectivity index (χ0n) is 17.8. The van der Waals surface area contributed by atoms with Crippen LogP contribution in [0.1, 0.15) is 38.6 Å². The van der Waals surface area contributed by atoms with Crippen LogP contribution in [0.4, 0.5) is 0 Å². The molecule has 0 fully saturated rings. The van der Waals surface area contributed by atoms with Gasteiger partial charge in [-0.2, -0.15) is 10.2 Å². The van der Waals surface area contributed by atoms with E-state index in [4.69, 9.17) is 11.6 Å². The predicted molar refractivity (Wildman–Crippen MR) is 122 cm³/mol. The first-order valence-electron chi connectivity index (χ1n) is 10.1. The average molecular weight is 434 g/mol. The van der Waals surface area contributed by atoms with Crippen LogP contribution >= 0.6 is 11.6 Å². The van der Waals surface area contributed by atoms with Crippen molar-refractivity contribution < 1.29 is 4.79 Å². The van der Waals surface area contributed by atoms with Crippen molar-refractivity contribution in [1.82, 2.24) is 24.9 Å². The summed E-state index contributed by atoms with van der Waals surface area (Å²) in [7, 11) is 0. The molecule has 7 heteroatoms. The summed E-state index contributed by atoms with van der Waals surface area (Å²) in [5, 5.41) is 12.7. The number of benzene rings is 2. The van der Waals surface area contributed by atoms with Gasteiger partial charge in [-0.1, -0.05) is 48.0 Å². The maximum absolute atomic E-state index is 12.9. The van der Waals surface area contributed by atoms with Gasteiger partial charge in [-0.25, -0.2) is 4.68 Å². The second-order valence-corrected chi connectivity index (χ2v) is 7.95. The van der Waals surface area contributed by atoms with E-state index < -0.39 is 0 Å². The number of carbonyl (C=O) groups excluding carboxylic acids is 1. The van der Waals surface area contributed by atoms with Crippen LogP contribution < -0.4 is 5.32 Å². The fourth-order valence-corrected chi connectivity index (χ4v) is 3.85. The van der Waals surface area contributed by atoms with Crippen molar-refractivity contribution in [3.05, 3.63) is 99.6 Å². The van der Waals surface area contributed by atoms with Gasteiger partial charge in [0.15, 0.2) is 0 Å². The zero-order chi connectivity index (χ0) is 22.0. The quantitative estimate of drug-likeness (QED) is 0.482. The molecule has 158 valence electrons. The number of carbonyl (C=O) groups is 1. The lowest BCUT2D eigenvalue weighted by atomic mass is 10.1. The normalized spacial score (nSPS) is 11.0. The number of nitrogens with zero attached hydrogens (tertiary/aromatic N) is 4. The minimum atomic E-state index is -0.166. The molecule has 0 unspecified atom stereocenters. The lowest BCUT2D eigenvalue weighted by molar-refractivity contribution is 0.0950. The van der Waals surface area contributed by atoms with E-state index in [2.05, 4.69) is 27.6 Å². The molecule has 1 N–H and O–H groups in total. The van der Waals surface area contributed by atoms with E-state index in [1.807, 2.05) is 61.9 Å². The average Bonchev–Trinajstić information content (AvgIpc) is 3.26. The Morgan fingerprint density at radius 3 is 2.55 bits per heavy atom. The molecule has 0 aliphatic rings. The van der Waals surface area contributed by atoms with E-state index in [1.54, 1.807) is 16.9 Å². The summed E-state index contributed by atoms with van der Waals surface area (Å²) >= 11 is 6.09. The van der Waals surface area contributed by atoms with Crippen molar-refractivity contribution in [2.45, 2.75) is 33.9 Å². The van der Waals surface area contributed by atoms with Gasteiger partial charge in [0.05, 0.1) is 35.4 Å². The van der Waals surface area contributed by atoms with Crippen molar-refractivity contribution in [3.8, 4) is 5.69 Å². The van der Waals surface area contributed by atoms with E-state index in [9.17, 15) is 4.79 Å². The van der Waals surface area contributed by atoms with Crippen LogP contribution in [0.5, 0.6) is 0 Å². The molecule has 6 nitrogen and oxygen atoms in total. The zero-order valence-corrected chi connectivity index (χ0v) is 18.5. The van der Waals surface area contributed by atoms with Crippen molar-refractivity contribution in [2.75, 3.05) is 0 Å². The Morgan fingerprint density at radius 2 is 1.81 bits per heavy atom. The minimum absolute atomic E-state index is 0.166. The number of hydrogen-bond acceptors (Lipinski definition) is 3. The minimum Gasteiger partial charge on any atom is -0.348 e. The summed E-state index contributed by atoms with van der Waals surface area (Å²) < 4.78 is 3.70. The maximum Gasteiger partial charge on any atom is 0.255 e. The smallest absolute Gasteiger partial charge is 0.255 e. The molecule has 0 spiro atoms. The number of aromatic nitrogens is 4. The van der Waals surface area contributed by atoms with Gasteiger partial charge in [0.2, 0.25) is 0 Å². The van der Waals surface area contributed by atoms with Crippen LogP contribution in [0.15, 0.2) is 60.8 Å². The third-order valence-electron chi connectivity index (χ3n) is 5.44. The Bertz CT molecular complexity index is 1230. The highest BCUT2D eigenvalue weighted by molar-refractivity contribution is 6.30. The largest absolute Gasteiger partial charge is 0.348 e. The van der Waals surface area contributed by atoms with Crippen LogP contribution in [0, 0.1) is 20.8 Å². The molecule has 1 amide bonds. The summed E-state index contributed by atoms with van der Waals surface area (Å²) in [6, 6.07) is 17.6. The van der Waals surface area contributed by atoms with Gasteiger partial charge < -0.3 is 5.32 Å². The Kier molecular flexibility index (Phi) is 5.91. The van der Waals surface area contributed by atoms with Gasteiger partial charge in [-0.05, 0) is 44.5 Å². The standard InChI is InChI=1S/C24H24ClN5O/c1-16-22(17(2)29(28-16)15-19-8-5-4-6-9-19)13-26-24(31)23-14-27-30(18(23)3)21-11-7-10-20(25)12-21/h4-12,14H,13,15H2,1-3H3,(H,26,31). The number of hydrogen-bond donors (Lipinski definition) is 1. The van der Waals surface area contributed by atoms with Crippen molar-refractivity contribution >= 4 is 17.5 Å². The molecule has 0 saturated heterocycles.